The Morgan fingerprint density at radius 2 is 2.50 bits per heavy atom. The predicted octanol–water partition coefficient (Wildman–Crippen LogP) is -0.0631. The van der Waals surface area contributed by atoms with Crippen molar-refractivity contribution in [2.24, 2.45) is 0 Å². The lowest BCUT2D eigenvalue weighted by Gasteiger charge is -1.97. The van der Waals surface area contributed by atoms with E-state index in [0.717, 1.165) is 4.68 Å². The highest BCUT2D eigenvalue weighted by molar-refractivity contribution is 5.41. The molecule has 14 heavy (non-hydrogen) atoms. The molecule has 0 unspecified atom stereocenters. The Kier molecular flexibility index (Phi) is 1.61. The Bertz CT molecular complexity index is 593. The molecule has 0 saturated carbocycles. The van der Waals surface area contributed by atoms with Crippen molar-refractivity contribution in [3.8, 4) is 18.0 Å². The van der Waals surface area contributed by atoms with Gasteiger partial charge in [0.05, 0.1) is 7.06 Å². The first kappa shape index (κ1) is 7.09. The highest BCUT2D eigenvalue weighted by Crippen LogP contribution is 2.05. The van der Waals surface area contributed by atoms with Crippen LogP contribution in [-0.4, -0.2) is 20.2 Å². The summed E-state index contributed by atoms with van der Waals surface area (Å²) in [5.74, 6) is 2.36. The summed E-state index contributed by atoms with van der Waals surface area (Å²) in [5.41, 5.74) is 0.212. The Labute approximate surface area is 80.8 Å². The van der Waals surface area contributed by atoms with Crippen LogP contribution < -0.4 is 5.69 Å². The predicted molar refractivity (Wildman–Crippen MR) is 49.9 cm³/mol. The standard InChI is InChI=1S/C9H6N4O/c1-2-7-4-3-5-8(6-7)13-9(14)10-11-12-13/h1,3-6H,(H,10,12,14)/i6T. The molecule has 0 spiro atoms. The molecule has 2 rings (SSSR count). The summed E-state index contributed by atoms with van der Waals surface area (Å²) >= 11 is 0. The molecule has 0 aliphatic rings. The number of nitrogens with zero attached hydrogens (tertiary/aromatic N) is 3. The highest BCUT2D eigenvalue weighted by atomic mass is 16.2. The van der Waals surface area contributed by atoms with Crippen LogP contribution in [0.1, 0.15) is 6.93 Å². The summed E-state index contributed by atoms with van der Waals surface area (Å²) in [6.07, 6.45) is 5.21. The lowest BCUT2D eigenvalue weighted by molar-refractivity contribution is 0.779. The van der Waals surface area contributed by atoms with Gasteiger partial charge in [-0.2, -0.15) is 4.68 Å². The minimum atomic E-state index is -0.502. The fraction of sp³-hybridized carbons (Fsp3) is 0. The fourth-order valence-electron chi connectivity index (χ4n) is 1.02. The molecule has 0 aliphatic heterocycles. The summed E-state index contributed by atoms with van der Waals surface area (Å²) in [6, 6.07) is 4.93. The average Bonchev–Trinajstić information content (AvgIpc) is 2.65. The number of tetrazole rings is 1. The van der Waals surface area contributed by atoms with Crippen molar-refractivity contribution in [1.82, 2.24) is 20.2 Å². The highest BCUT2D eigenvalue weighted by Gasteiger charge is 2.01. The molecule has 1 aromatic carbocycles. The van der Waals surface area contributed by atoms with Crippen LogP contribution in [0.5, 0.6) is 0 Å². The van der Waals surface area contributed by atoms with Crippen LogP contribution in [-0.2, 0) is 0 Å². The van der Waals surface area contributed by atoms with Crippen LogP contribution in [0.15, 0.2) is 29.0 Å². The van der Waals surface area contributed by atoms with E-state index in [1.54, 1.807) is 18.2 Å². The molecule has 0 amide bonds. The molecular weight excluding hydrogens is 180 g/mol. The Balaban J connectivity index is 2.71. The lowest BCUT2D eigenvalue weighted by Crippen LogP contribution is -2.15. The van der Waals surface area contributed by atoms with Crippen LogP contribution in [0.25, 0.3) is 5.69 Å². The van der Waals surface area contributed by atoms with Crippen molar-refractivity contribution >= 4 is 0 Å². The maximum atomic E-state index is 11.2. The molecule has 0 bridgehead atoms. The van der Waals surface area contributed by atoms with E-state index in [2.05, 4.69) is 21.4 Å². The monoisotopic (exact) mass is 188 g/mol. The zero-order valence-corrected chi connectivity index (χ0v) is 7.06. The number of aromatic nitrogens is 4. The minimum Gasteiger partial charge on any atom is -0.244 e. The Hall–Kier alpha value is -2.35. The number of hydrogen-bond donors (Lipinski definition) is 1. The Morgan fingerprint density at radius 3 is 3.14 bits per heavy atom. The molecule has 5 heteroatoms. The largest absolute Gasteiger partial charge is 0.365 e. The molecule has 68 valence electrons. The van der Waals surface area contributed by atoms with E-state index in [0.29, 0.717) is 11.3 Å². The number of aromatic amines is 1. The molecule has 0 fully saturated rings. The zero-order valence-electron chi connectivity index (χ0n) is 8.06. The van der Waals surface area contributed by atoms with Crippen molar-refractivity contribution < 1.29 is 1.37 Å². The number of hydrogen-bond acceptors (Lipinski definition) is 3. The first-order chi connectivity index (χ1) is 7.24. The second-order valence-corrected chi connectivity index (χ2v) is 2.51. The van der Waals surface area contributed by atoms with Gasteiger partial charge < -0.3 is 0 Å². The van der Waals surface area contributed by atoms with Crippen LogP contribution >= 0.6 is 0 Å². The fourth-order valence-corrected chi connectivity index (χ4v) is 1.02. The summed E-state index contributed by atoms with van der Waals surface area (Å²) in [5, 5.41) is 9.01. The molecule has 0 radical (unpaired) electrons. The molecule has 1 N–H and O–H groups in total. The SMILES string of the molecule is [3H]c1c(C#C)cccc1-n1nn[nH]c1=O. The molecule has 1 aromatic heterocycles. The van der Waals surface area contributed by atoms with Crippen molar-refractivity contribution in [3.05, 3.63) is 40.3 Å². The van der Waals surface area contributed by atoms with Gasteiger partial charge in [-0.05, 0) is 28.6 Å². The third kappa shape index (κ3) is 1.29. The molecule has 1 heterocycles. The topological polar surface area (TPSA) is 63.6 Å². The molecular formula is C9H6N4O. The lowest BCUT2D eigenvalue weighted by atomic mass is 10.2. The van der Waals surface area contributed by atoms with Gasteiger partial charge in [-0.3, -0.25) is 0 Å². The molecule has 0 aliphatic carbocycles. The quantitative estimate of drug-likeness (QED) is 0.637. The van der Waals surface area contributed by atoms with Gasteiger partial charge in [0.15, 0.2) is 0 Å². The summed E-state index contributed by atoms with van der Waals surface area (Å²) < 4.78 is 8.72. The summed E-state index contributed by atoms with van der Waals surface area (Å²) in [7, 11) is 0. The number of nitrogens with one attached hydrogen (secondary N) is 1. The Morgan fingerprint density at radius 1 is 1.64 bits per heavy atom. The normalized spacial score (nSPS) is 10.6. The van der Waals surface area contributed by atoms with E-state index in [-0.39, 0.29) is 6.04 Å². The van der Waals surface area contributed by atoms with Crippen molar-refractivity contribution in [2.75, 3.05) is 0 Å². The van der Waals surface area contributed by atoms with E-state index >= 15 is 0 Å². The third-order valence-corrected chi connectivity index (χ3v) is 1.64. The van der Waals surface area contributed by atoms with Crippen molar-refractivity contribution in [2.45, 2.75) is 0 Å². The minimum absolute atomic E-state index is 0.0796. The van der Waals surface area contributed by atoms with E-state index in [1.807, 2.05) is 0 Å². The number of rotatable bonds is 1. The zero-order chi connectivity index (χ0) is 10.8. The molecule has 0 saturated heterocycles. The summed E-state index contributed by atoms with van der Waals surface area (Å²) in [4.78, 5) is 11.2. The molecule has 0 atom stereocenters. The number of terminal acetylenes is 1. The van der Waals surface area contributed by atoms with Gasteiger partial charge in [0.1, 0.15) is 0 Å². The maximum Gasteiger partial charge on any atom is 0.365 e. The third-order valence-electron chi connectivity index (χ3n) is 1.64. The smallest absolute Gasteiger partial charge is 0.244 e. The van der Waals surface area contributed by atoms with Crippen LogP contribution in [0, 0.1) is 12.3 Å². The van der Waals surface area contributed by atoms with Gasteiger partial charge in [0.2, 0.25) is 0 Å². The molecule has 5 nitrogen and oxygen atoms in total. The van der Waals surface area contributed by atoms with Gasteiger partial charge >= 0.3 is 5.69 Å². The summed E-state index contributed by atoms with van der Waals surface area (Å²) in [6.45, 7) is 0. The maximum absolute atomic E-state index is 11.2. The van der Waals surface area contributed by atoms with Gasteiger partial charge in [0, 0.05) is 5.56 Å². The van der Waals surface area contributed by atoms with Gasteiger partial charge in [-0.15, -0.1) is 6.42 Å². The van der Waals surface area contributed by atoms with Crippen molar-refractivity contribution in [3.63, 3.8) is 0 Å². The first-order valence-electron chi connectivity index (χ1n) is 4.31. The van der Waals surface area contributed by atoms with E-state index in [9.17, 15) is 4.79 Å². The van der Waals surface area contributed by atoms with Crippen LogP contribution in [0.3, 0.4) is 0 Å². The van der Waals surface area contributed by atoms with Gasteiger partial charge in [-0.1, -0.05) is 12.0 Å². The second-order valence-electron chi connectivity index (χ2n) is 2.51. The first-order valence-corrected chi connectivity index (χ1v) is 3.81. The number of benzene rings is 1. The van der Waals surface area contributed by atoms with E-state index < -0.39 is 5.69 Å². The van der Waals surface area contributed by atoms with E-state index in [1.165, 1.54) is 0 Å². The van der Waals surface area contributed by atoms with Gasteiger partial charge in [-0.25, -0.2) is 9.89 Å². The second kappa shape index (κ2) is 3.18. The average molecular weight is 188 g/mol. The number of H-pyrrole nitrogens is 1. The molecule has 2 aromatic rings. The van der Waals surface area contributed by atoms with Crippen LogP contribution in [0.2, 0.25) is 0 Å². The van der Waals surface area contributed by atoms with Crippen molar-refractivity contribution in [1.29, 1.82) is 0 Å². The van der Waals surface area contributed by atoms with Gasteiger partial charge in [0.25, 0.3) is 0 Å². The van der Waals surface area contributed by atoms with E-state index in [4.69, 9.17) is 7.79 Å². The van der Waals surface area contributed by atoms with Crippen LogP contribution in [0.4, 0.5) is 0 Å².